The van der Waals surface area contributed by atoms with Crippen LogP contribution >= 0.6 is 0 Å². The summed E-state index contributed by atoms with van der Waals surface area (Å²) in [7, 11) is 0. The molecule has 1 spiro atoms. The van der Waals surface area contributed by atoms with Gasteiger partial charge in [0.25, 0.3) is 0 Å². The Kier molecular flexibility index (Phi) is 4.53. The van der Waals surface area contributed by atoms with E-state index >= 15 is 0 Å². The van der Waals surface area contributed by atoms with Gasteiger partial charge >= 0.3 is 6.03 Å². The van der Waals surface area contributed by atoms with Crippen LogP contribution in [0.2, 0.25) is 0 Å². The lowest BCUT2D eigenvalue weighted by Crippen LogP contribution is -2.75. The maximum atomic E-state index is 13.1. The number of benzene rings is 2. The monoisotopic (exact) mass is 430 g/mol. The molecule has 1 unspecified atom stereocenters. The quantitative estimate of drug-likeness (QED) is 0.671. The first kappa shape index (κ1) is 20.2. The van der Waals surface area contributed by atoms with Crippen LogP contribution < -0.4 is 15.5 Å². The molecule has 3 atom stereocenters. The fraction of sp³-hybridized carbons (Fsp3) is 0.333. The zero-order chi connectivity index (χ0) is 22.6. The summed E-state index contributed by atoms with van der Waals surface area (Å²) in [4.78, 5) is 40.1. The molecule has 5 rings (SSSR count). The molecule has 2 fully saturated rings. The van der Waals surface area contributed by atoms with Crippen molar-refractivity contribution in [3.8, 4) is 17.2 Å². The van der Waals surface area contributed by atoms with E-state index in [2.05, 4.69) is 27.7 Å². The van der Waals surface area contributed by atoms with Gasteiger partial charge in [-0.25, -0.2) is 4.79 Å². The molecule has 2 N–H and O–H groups in total. The predicted molar refractivity (Wildman–Crippen MR) is 116 cm³/mol. The van der Waals surface area contributed by atoms with Crippen molar-refractivity contribution < 1.29 is 19.1 Å². The van der Waals surface area contributed by atoms with Crippen LogP contribution in [-0.4, -0.2) is 42.6 Å². The second-order valence-electron chi connectivity index (χ2n) is 8.67. The van der Waals surface area contributed by atoms with Crippen molar-refractivity contribution in [1.82, 2.24) is 10.6 Å². The van der Waals surface area contributed by atoms with Gasteiger partial charge in [-0.2, -0.15) is 5.26 Å². The third-order valence-electron chi connectivity index (χ3n) is 6.66. The van der Waals surface area contributed by atoms with Crippen LogP contribution in [-0.2, 0) is 20.7 Å². The Labute approximate surface area is 185 Å². The minimum atomic E-state index is -1.46. The highest BCUT2D eigenvalue weighted by Crippen LogP contribution is 2.47. The van der Waals surface area contributed by atoms with E-state index in [-0.39, 0.29) is 12.5 Å². The molecule has 0 radical (unpaired) electrons. The number of anilines is 1. The van der Waals surface area contributed by atoms with Gasteiger partial charge in [-0.15, -0.1) is 0 Å². The molecule has 0 bridgehead atoms. The molecule has 8 nitrogen and oxygen atoms in total. The van der Waals surface area contributed by atoms with Crippen molar-refractivity contribution in [3.05, 3.63) is 53.6 Å². The smallest absolute Gasteiger partial charge is 0.328 e. The number of hydrogen-bond acceptors (Lipinski definition) is 6. The van der Waals surface area contributed by atoms with Gasteiger partial charge in [0.1, 0.15) is 0 Å². The van der Waals surface area contributed by atoms with Crippen LogP contribution in [0.15, 0.2) is 42.5 Å². The molecule has 2 saturated heterocycles. The molecule has 2 aromatic rings. The topological polar surface area (TPSA) is 112 Å². The highest BCUT2D eigenvalue weighted by molar-refractivity contribution is 6.20. The molecule has 162 valence electrons. The summed E-state index contributed by atoms with van der Waals surface area (Å²) in [5.74, 6) is -1.18. The maximum absolute atomic E-state index is 13.1. The summed E-state index contributed by atoms with van der Waals surface area (Å²) in [6.45, 7) is 4.33. The second-order valence-corrected chi connectivity index (χ2v) is 8.67. The predicted octanol–water partition coefficient (Wildman–Crippen LogP) is 2.12. The number of fused-ring (bicyclic) bond motifs is 4. The number of urea groups is 1. The lowest BCUT2D eigenvalue weighted by atomic mass is 9.66. The highest BCUT2D eigenvalue weighted by Gasteiger charge is 2.62. The summed E-state index contributed by atoms with van der Waals surface area (Å²) in [5.41, 5.74) is 2.88. The van der Waals surface area contributed by atoms with Gasteiger partial charge in [0.05, 0.1) is 29.9 Å². The minimum Gasteiger partial charge on any atom is -0.372 e. The van der Waals surface area contributed by atoms with Gasteiger partial charge in [0, 0.05) is 12.2 Å². The second kappa shape index (κ2) is 7.18. The molecule has 8 heteroatoms. The Hall–Kier alpha value is -3.70. The first-order valence-corrected chi connectivity index (χ1v) is 10.6. The van der Waals surface area contributed by atoms with Crippen molar-refractivity contribution in [3.63, 3.8) is 0 Å². The third kappa shape index (κ3) is 2.89. The number of imide groups is 2. The van der Waals surface area contributed by atoms with Crippen molar-refractivity contribution in [2.45, 2.75) is 38.5 Å². The number of nitrogens with one attached hydrogen (secondary N) is 2. The van der Waals surface area contributed by atoms with Crippen LogP contribution in [0.1, 0.15) is 25.0 Å². The van der Waals surface area contributed by atoms with Crippen LogP contribution in [0.3, 0.4) is 0 Å². The van der Waals surface area contributed by atoms with E-state index in [1.54, 1.807) is 12.1 Å². The van der Waals surface area contributed by atoms with Crippen molar-refractivity contribution in [1.29, 1.82) is 5.26 Å². The Balaban J connectivity index is 1.64. The lowest BCUT2D eigenvalue weighted by molar-refractivity contribution is -0.153. The molecular formula is C24H22N4O4. The molecule has 2 aromatic carbocycles. The summed E-state index contributed by atoms with van der Waals surface area (Å²) < 4.78 is 6.04. The molecule has 3 aliphatic rings. The minimum absolute atomic E-state index is 0.0980. The number of hydrogen-bond donors (Lipinski definition) is 2. The van der Waals surface area contributed by atoms with Gasteiger partial charge in [0.2, 0.25) is 11.8 Å². The van der Waals surface area contributed by atoms with Crippen LogP contribution in [0, 0.1) is 16.7 Å². The molecule has 4 amide bonds. The zero-order valence-electron chi connectivity index (χ0n) is 17.7. The number of barbiturate groups is 1. The lowest BCUT2D eigenvalue weighted by Gasteiger charge is -2.55. The van der Waals surface area contributed by atoms with Crippen LogP contribution in [0.5, 0.6) is 0 Å². The molecule has 3 aliphatic heterocycles. The number of nitriles is 1. The average Bonchev–Trinajstić information content (AvgIpc) is 2.77. The molecule has 0 saturated carbocycles. The molecule has 32 heavy (non-hydrogen) atoms. The number of carbonyl (C=O) groups excluding carboxylic acids is 3. The Bertz CT molecular complexity index is 1160. The van der Waals surface area contributed by atoms with E-state index in [9.17, 15) is 14.4 Å². The standard InChI is InChI=1S/C24H22N4O4/c1-13-12-28-19-9-17(16-5-3-15(11-25)4-6-16)7-8-18(19)10-24(20(28)14(2)32-13)21(29)26-23(31)27-22(24)30/h3-9,13-14,20H,10,12H2,1-2H3,(H2,26,27,29,30,31)/t13-,14+,20?/m1/s1. The highest BCUT2D eigenvalue weighted by atomic mass is 16.5. The number of rotatable bonds is 1. The fourth-order valence-electron chi connectivity index (χ4n) is 5.34. The van der Waals surface area contributed by atoms with Crippen molar-refractivity contribution in [2.75, 3.05) is 11.4 Å². The first-order chi connectivity index (χ1) is 15.3. The van der Waals surface area contributed by atoms with Gasteiger partial charge in [-0.05, 0) is 55.2 Å². The van der Waals surface area contributed by atoms with E-state index in [0.717, 1.165) is 22.4 Å². The van der Waals surface area contributed by atoms with E-state index in [0.29, 0.717) is 12.1 Å². The van der Waals surface area contributed by atoms with E-state index in [1.807, 2.05) is 38.1 Å². The molecular weight excluding hydrogens is 408 g/mol. The maximum Gasteiger partial charge on any atom is 0.328 e. The van der Waals surface area contributed by atoms with E-state index < -0.39 is 35.4 Å². The normalized spacial score (nSPS) is 26.0. The number of ether oxygens (including phenoxy) is 1. The summed E-state index contributed by atoms with van der Waals surface area (Å²) >= 11 is 0. The average molecular weight is 430 g/mol. The SMILES string of the molecule is C[C@@H]1CN2c3cc(-c4ccc(C#N)cc4)ccc3CC3(C(=O)NC(=O)NC3=O)C2[C@H](C)O1. The van der Waals surface area contributed by atoms with Crippen LogP contribution in [0.25, 0.3) is 11.1 Å². The number of morpholine rings is 1. The van der Waals surface area contributed by atoms with Gasteiger partial charge in [-0.1, -0.05) is 24.3 Å². The number of amides is 4. The van der Waals surface area contributed by atoms with E-state index in [1.165, 1.54) is 0 Å². The van der Waals surface area contributed by atoms with Gasteiger partial charge in [0.15, 0.2) is 5.41 Å². The van der Waals surface area contributed by atoms with Gasteiger partial charge < -0.3 is 9.64 Å². The number of carbonyl (C=O) groups is 3. The van der Waals surface area contributed by atoms with E-state index in [4.69, 9.17) is 10.00 Å². The Morgan fingerprint density at radius 3 is 2.34 bits per heavy atom. The van der Waals surface area contributed by atoms with Gasteiger partial charge in [-0.3, -0.25) is 20.2 Å². The fourth-order valence-corrected chi connectivity index (χ4v) is 5.34. The number of nitrogens with zero attached hydrogens (tertiary/aromatic N) is 2. The summed E-state index contributed by atoms with van der Waals surface area (Å²) in [6, 6.07) is 14.1. The van der Waals surface area contributed by atoms with Crippen molar-refractivity contribution in [2.24, 2.45) is 5.41 Å². The summed E-state index contributed by atoms with van der Waals surface area (Å²) in [5, 5.41) is 13.7. The van der Waals surface area contributed by atoms with Crippen LogP contribution in [0.4, 0.5) is 10.5 Å². The molecule has 0 aromatic heterocycles. The first-order valence-electron chi connectivity index (χ1n) is 10.6. The van der Waals surface area contributed by atoms with Crippen molar-refractivity contribution >= 4 is 23.5 Å². The Morgan fingerprint density at radius 1 is 1.03 bits per heavy atom. The largest absolute Gasteiger partial charge is 0.372 e. The third-order valence-corrected chi connectivity index (χ3v) is 6.66. The molecule has 3 heterocycles. The zero-order valence-corrected chi connectivity index (χ0v) is 17.7. The molecule has 0 aliphatic carbocycles. The Morgan fingerprint density at radius 2 is 1.69 bits per heavy atom. The summed E-state index contributed by atoms with van der Waals surface area (Å²) in [6.07, 6.45) is -0.334.